The first-order chi connectivity index (χ1) is 9.85. The minimum absolute atomic E-state index is 0.586. The second-order valence-electron chi connectivity index (χ2n) is 5.80. The molecule has 0 aliphatic carbocycles. The van der Waals surface area contributed by atoms with Crippen LogP contribution in [0.3, 0.4) is 0 Å². The smallest absolute Gasteiger partial charge is 0.125 e. The van der Waals surface area contributed by atoms with E-state index in [1.165, 1.54) is 50.8 Å². The highest BCUT2D eigenvalue weighted by Crippen LogP contribution is 2.31. The summed E-state index contributed by atoms with van der Waals surface area (Å²) in [4.78, 5) is 7.22. The lowest BCUT2D eigenvalue weighted by Crippen LogP contribution is -2.34. The third-order valence-corrected chi connectivity index (χ3v) is 4.14. The molecule has 1 aromatic rings. The van der Waals surface area contributed by atoms with Crippen LogP contribution in [0.4, 0.5) is 5.82 Å². The molecule has 112 valence electrons. The molecule has 0 bridgehead atoms. The second-order valence-corrected chi connectivity index (χ2v) is 5.80. The van der Waals surface area contributed by atoms with Crippen LogP contribution in [-0.4, -0.2) is 29.5 Å². The van der Waals surface area contributed by atoms with Gasteiger partial charge in [0.1, 0.15) is 5.82 Å². The molecule has 0 amide bonds. The first kappa shape index (κ1) is 15.3. The molecule has 3 nitrogen and oxygen atoms in total. The Morgan fingerprint density at radius 1 is 1.25 bits per heavy atom. The molecule has 1 saturated heterocycles. The number of nitrogens with zero attached hydrogens (tertiary/aromatic N) is 2. The van der Waals surface area contributed by atoms with Gasteiger partial charge in [-0.05, 0) is 50.4 Å². The topological polar surface area (TPSA) is 28.2 Å². The largest absolute Gasteiger partial charge is 0.370 e. The number of hydrogen-bond donors (Lipinski definition) is 1. The third-order valence-electron chi connectivity index (χ3n) is 4.14. The molecular weight excluding hydrogens is 246 g/mol. The number of likely N-dealkylation sites (tertiary alicyclic amines) is 1. The van der Waals surface area contributed by atoms with Gasteiger partial charge in [0, 0.05) is 18.8 Å². The number of rotatable bonds is 7. The Bertz CT molecular complexity index is 374. The molecular formula is C17H29N3. The Balaban J connectivity index is 1.99. The monoisotopic (exact) mass is 275 g/mol. The van der Waals surface area contributed by atoms with Gasteiger partial charge < -0.3 is 5.32 Å². The summed E-state index contributed by atoms with van der Waals surface area (Å²) in [6.45, 7) is 7.93. The van der Waals surface area contributed by atoms with Crippen molar-refractivity contribution < 1.29 is 0 Å². The first-order valence-corrected chi connectivity index (χ1v) is 8.29. The van der Waals surface area contributed by atoms with Crippen LogP contribution < -0.4 is 5.32 Å². The van der Waals surface area contributed by atoms with Gasteiger partial charge in [-0.3, -0.25) is 4.90 Å². The summed E-state index contributed by atoms with van der Waals surface area (Å²) < 4.78 is 0. The van der Waals surface area contributed by atoms with Crippen LogP contribution in [-0.2, 0) is 0 Å². The number of nitrogens with one attached hydrogen (secondary N) is 1. The quantitative estimate of drug-likeness (QED) is 0.807. The van der Waals surface area contributed by atoms with E-state index in [-0.39, 0.29) is 0 Å². The van der Waals surface area contributed by atoms with Crippen molar-refractivity contribution in [2.24, 2.45) is 0 Å². The van der Waals surface area contributed by atoms with Gasteiger partial charge in [-0.1, -0.05) is 32.8 Å². The molecule has 1 atom stereocenters. The zero-order chi connectivity index (χ0) is 14.2. The molecule has 1 aliphatic rings. The number of hydrogen-bond acceptors (Lipinski definition) is 3. The van der Waals surface area contributed by atoms with Gasteiger partial charge in [0.05, 0.1) is 0 Å². The fraction of sp³-hybridized carbons (Fsp3) is 0.706. The summed E-state index contributed by atoms with van der Waals surface area (Å²) in [6.07, 6.45) is 9.78. The number of pyridine rings is 1. The van der Waals surface area contributed by atoms with Crippen molar-refractivity contribution in [3.05, 3.63) is 23.9 Å². The molecule has 0 spiro atoms. The molecule has 1 unspecified atom stereocenters. The molecule has 0 aromatic carbocycles. The Kier molecular flexibility index (Phi) is 6.31. The number of piperidine rings is 1. The minimum atomic E-state index is 0.586. The lowest BCUT2D eigenvalue weighted by Gasteiger charge is -2.36. The average Bonchev–Trinajstić information content (AvgIpc) is 2.52. The summed E-state index contributed by atoms with van der Waals surface area (Å²) in [7, 11) is 0. The predicted octanol–water partition coefficient (Wildman–Crippen LogP) is 4.23. The summed E-state index contributed by atoms with van der Waals surface area (Å²) in [6, 6.07) is 4.99. The van der Waals surface area contributed by atoms with Gasteiger partial charge in [-0.25, -0.2) is 4.98 Å². The van der Waals surface area contributed by atoms with E-state index in [9.17, 15) is 0 Å². The van der Waals surface area contributed by atoms with E-state index >= 15 is 0 Å². The molecule has 2 rings (SSSR count). The third kappa shape index (κ3) is 4.20. The maximum Gasteiger partial charge on any atom is 0.125 e. The summed E-state index contributed by atoms with van der Waals surface area (Å²) in [5.74, 6) is 1.01. The molecule has 3 heteroatoms. The van der Waals surface area contributed by atoms with Gasteiger partial charge in [0.25, 0.3) is 0 Å². The number of unbranched alkanes of at least 4 members (excludes halogenated alkanes) is 1. The van der Waals surface area contributed by atoms with Crippen LogP contribution in [0.2, 0.25) is 0 Å². The van der Waals surface area contributed by atoms with Crippen molar-refractivity contribution in [1.29, 1.82) is 0 Å². The molecule has 0 radical (unpaired) electrons. The molecule has 1 N–H and O–H groups in total. The fourth-order valence-corrected chi connectivity index (χ4v) is 2.96. The molecule has 2 heterocycles. The normalized spacial score (nSPS) is 20.0. The van der Waals surface area contributed by atoms with E-state index in [2.05, 4.69) is 47.4 Å². The lowest BCUT2D eigenvalue weighted by atomic mass is 9.96. The lowest BCUT2D eigenvalue weighted by molar-refractivity contribution is 0.146. The predicted molar refractivity (Wildman–Crippen MR) is 86.1 cm³/mol. The van der Waals surface area contributed by atoms with Crippen molar-refractivity contribution in [2.45, 2.75) is 58.4 Å². The zero-order valence-electron chi connectivity index (χ0n) is 13.1. The van der Waals surface area contributed by atoms with Gasteiger partial charge in [0.15, 0.2) is 0 Å². The van der Waals surface area contributed by atoms with Gasteiger partial charge in [0.2, 0.25) is 0 Å². The van der Waals surface area contributed by atoms with Crippen molar-refractivity contribution in [3.63, 3.8) is 0 Å². The maximum atomic E-state index is 4.57. The fourth-order valence-electron chi connectivity index (χ4n) is 2.96. The Morgan fingerprint density at radius 3 is 2.85 bits per heavy atom. The van der Waals surface area contributed by atoms with Gasteiger partial charge >= 0.3 is 0 Å². The van der Waals surface area contributed by atoms with E-state index in [0.29, 0.717) is 6.04 Å². The summed E-state index contributed by atoms with van der Waals surface area (Å²) >= 11 is 0. The van der Waals surface area contributed by atoms with Crippen molar-refractivity contribution >= 4 is 5.82 Å². The highest BCUT2D eigenvalue weighted by molar-refractivity contribution is 5.36. The highest BCUT2D eigenvalue weighted by atomic mass is 15.2. The Morgan fingerprint density at radius 2 is 2.15 bits per heavy atom. The van der Waals surface area contributed by atoms with Crippen LogP contribution in [0.15, 0.2) is 18.3 Å². The van der Waals surface area contributed by atoms with Crippen molar-refractivity contribution in [1.82, 2.24) is 9.88 Å². The van der Waals surface area contributed by atoms with Gasteiger partial charge in [-0.15, -0.1) is 0 Å². The van der Waals surface area contributed by atoms with Crippen LogP contribution in [0.5, 0.6) is 0 Å². The minimum Gasteiger partial charge on any atom is -0.370 e. The molecule has 20 heavy (non-hydrogen) atoms. The number of anilines is 1. The Hall–Kier alpha value is -1.09. The van der Waals surface area contributed by atoms with Crippen molar-refractivity contribution in [2.75, 3.05) is 25.0 Å². The highest BCUT2D eigenvalue weighted by Gasteiger charge is 2.23. The summed E-state index contributed by atoms with van der Waals surface area (Å²) in [5.41, 5.74) is 1.39. The van der Waals surface area contributed by atoms with E-state index in [1.54, 1.807) is 0 Å². The zero-order valence-corrected chi connectivity index (χ0v) is 13.1. The SMILES string of the molecule is CCCCN1CCCCC1c1ccc(NCCC)nc1. The standard InChI is InChI=1S/C17H29N3/c1-3-5-12-20-13-7-6-8-16(20)15-9-10-17(19-14-15)18-11-4-2/h9-10,14,16H,3-8,11-13H2,1-2H3,(H,18,19). The molecule has 1 aliphatic heterocycles. The van der Waals surface area contributed by atoms with Gasteiger partial charge in [-0.2, -0.15) is 0 Å². The molecule has 1 fully saturated rings. The molecule has 0 saturated carbocycles. The van der Waals surface area contributed by atoms with E-state index in [4.69, 9.17) is 0 Å². The van der Waals surface area contributed by atoms with Crippen LogP contribution in [0, 0.1) is 0 Å². The van der Waals surface area contributed by atoms with E-state index in [0.717, 1.165) is 18.8 Å². The maximum absolute atomic E-state index is 4.57. The van der Waals surface area contributed by atoms with E-state index < -0.39 is 0 Å². The average molecular weight is 275 g/mol. The van der Waals surface area contributed by atoms with Crippen molar-refractivity contribution in [3.8, 4) is 0 Å². The summed E-state index contributed by atoms with van der Waals surface area (Å²) in [5, 5.41) is 3.35. The van der Waals surface area contributed by atoms with Crippen LogP contribution in [0.1, 0.15) is 64.0 Å². The number of aromatic nitrogens is 1. The van der Waals surface area contributed by atoms with Crippen LogP contribution in [0.25, 0.3) is 0 Å². The van der Waals surface area contributed by atoms with E-state index in [1.807, 2.05) is 0 Å². The first-order valence-electron chi connectivity index (χ1n) is 8.29. The second kappa shape index (κ2) is 8.25. The molecule has 1 aromatic heterocycles. The van der Waals surface area contributed by atoms with Crippen LogP contribution >= 0.6 is 0 Å². The Labute approximate surface area is 123 Å².